The zero-order valence-corrected chi connectivity index (χ0v) is 17.3. The van der Waals surface area contributed by atoms with Crippen LogP contribution in [0.4, 0.5) is 16.2 Å². The van der Waals surface area contributed by atoms with Crippen molar-refractivity contribution in [3.63, 3.8) is 0 Å². The van der Waals surface area contributed by atoms with Crippen LogP contribution in [0.25, 0.3) is 21.8 Å². The highest BCUT2D eigenvalue weighted by molar-refractivity contribution is 6.30. The second-order valence-corrected chi connectivity index (χ2v) is 7.55. The van der Waals surface area contributed by atoms with Crippen LogP contribution in [-0.4, -0.2) is 15.6 Å². The van der Waals surface area contributed by atoms with E-state index in [1.54, 1.807) is 24.3 Å². The maximum Gasteiger partial charge on any atom is 0.323 e. The van der Waals surface area contributed by atoms with E-state index < -0.39 is 0 Å². The molecular weight excluding hydrogens is 384 g/mol. The zero-order valence-electron chi connectivity index (χ0n) is 16.5. The third-order valence-corrected chi connectivity index (χ3v) is 5.30. The van der Waals surface area contributed by atoms with Crippen molar-refractivity contribution in [3.05, 3.63) is 65.4 Å². The molecular formula is C23H23ClN4O. The number of carbonyl (C=O) groups is 1. The number of benzene rings is 2. The number of nitrogens with zero attached hydrogens (tertiary/aromatic N) is 2. The lowest BCUT2D eigenvalue weighted by Crippen LogP contribution is -2.19. The number of hydrogen-bond donors (Lipinski definition) is 2. The Morgan fingerprint density at radius 1 is 1.03 bits per heavy atom. The van der Waals surface area contributed by atoms with Gasteiger partial charge in [-0.3, -0.25) is 4.98 Å². The predicted octanol–water partition coefficient (Wildman–Crippen LogP) is 6.60. The van der Waals surface area contributed by atoms with Gasteiger partial charge in [0, 0.05) is 45.4 Å². The lowest BCUT2D eigenvalue weighted by atomic mass is 10.1. The SMILES string of the molecule is CCCCn1c2ccc(NC(=O)Nc3ccc(Cl)cc3)cc2c2ccnc(C)c21. The predicted molar refractivity (Wildman–Crippen MR) is 121 cm³/mol. The van der Waals surface area contributed by atoms with Crippen molar-refractivity contribution in [3.8, 4) is 0 Å². The van der Waals surface area contributed by atoms with E-state index in [1.165, 1.54) is 5.52 Å². The molecule has 5 nitrogen and oxygen atoms in total. The third-order valence-electron chi connectivity index (χ3n) is 5.05. The number of rotatable bonds is 5. The van der Waals surface area contributed by atoms with Crippen LogP contribution in [0, 0.1) is 6.92 Å². The van der Waals surface area contributed by atoms with E-state index in [9.17, 15) is 4.79 Å². The molecule has 4 rings (SSSR count). The fourth-order valence-electron chi connectivity index (χ4n) is 3.68. The van der Waals surface area contributed by atoms with Crippen molar-refractivity contribution in [2.75, 3.05) is 10.6 Å². The van der Waals surface area contributed by atoms with E-state index in [2.05, 4.69) is 33.2 Å². The van der Waals surface area contributed by atoms with Crippen LogP contribution in [0.3, 0.4) is 0 Å². The van der Waals surface area contributed by atoms with Crippen molar-refractivity contribution in [2.45, 2.75) is 33.2 Å². The third kappa shape index (κ3) is 3.91. The van der Waals surface area contributed by atoms with Gasteiger partial charge in [-0.25, -0.2) is 4.79 Å². The summed E-state index contributed by atoms with van der Waals surface area (Å²) >= 11 is 5.89. The van der Waals surface area contributed by atoms with E-state index in [0.717, 1.165) is 47.1 Å². The Hall–Kier alpha value is -3.05. The minimum atomic E-state index is -0.292. The average molecular weight is 407 g/mol. The maximum atomic E-state index is 12.4. The molecule has 148 valence electrons. The first-order chi connectivity index (χ1) is 14.1. The summed E-state index contributed by atoms with van der Waals surface area (Å²) in [7, 11) is 0. The van der Waals surface area contributed by atoms with Gasteiger partial charge >= 0.3 is 6.03 Å². The number of aromatic nitrogens is 2. The number of aryl methyl sites for hydroxylation is 2. The van der Waals surface area contributed by atoms with E-state index in [-0.39, 0.29) is 6.03 Å². The zero-order chi connectivity index (χ0) is 20.4. The van der Waals surface area contributed by atoms with Crippen LogP contribution in [-0.2, 0) is 6.54 Å². The molecule has 0 saturated carbocycles. The maximum absolute atomic E-state index is 12.4. The summed E-state index contributed by atoms with van der Waals surface area (Å²) in [5, 5.41) is 8.65. The lowest BCUT2D eigenvalue weighted by Gasteiger charge is -2.09. The second-order valence-electron chi connectivity index (χ2n) is 7.12. The van der Waals surface area contributed by atoms with Crippen LogP contribution in [0.1, 0.15) is 25.5 Å². The topological polar surface area (TPSA) is 59.0 Å². The van der Waals surface area contributed by atoms with Gasteiger partial charge < -0.3 is 15.2 Å². The van der Waals surface area contributed by atoms with Gasteiger partial charge in [-0.05, 0) is 61.9 Å². The Balaban J connectivity index is 1.66. The van der Waals surface area contributed by atoms with Gasteiger partial charge in [0.2, 0.25) is 0 Å². The number of hydrogen-bond acceptors (Lipinski definition) is 2. The summed E-state index contributed by atoms with van der Waals surface area (Å²) in [4.78, 5) is 16.9. The highest BCUT2D eigenvalue weighted by Gasteiger charge is 2.14. The highest BCUT2D eigenvalue weighted by atomic mass is 35.5. The summed E-state index contributed by atoms with van der Waals surface area (Å²) in [6, 6.07) is 14.8. The van der Waals surface area contributed by atoms with Crippen molar-refractivity contribution < 1.29 is 4.79 Å². The molecule has 0 spiro atoms. The van der Waals surface area contributed by atoms with E-state index in [4.69, 9.17) is 11.6 Å². The molecule has 0 saturated heterocycles. The van der Waals surface area contributed by atoms with Crippen LogP contribution >= 0.6 is 11.6 Å². The summed E-state index contributed by atoms with van der Waals surface area (Å²) in [5.74, 6) is 0. The molecule has 2 N–H and O–H groups in total. The van der Waals surface area contributed by atoms with Crippen LogP contribution in [0.5, 0.6) is 0 Å². The summed E-state index contributed by atoms with van der Waals surface area (Å²) in [5.41, 5.74) is 4.77. The minimum absolute atomic E-state index is 0.292. The van der Waals surface area contributed by atoms with Crippen molar-refractivity contribution in [1.29, 1.82) is 0 Å². The summed E-state index contributed by atoms with van der Waals surface area (Å²) < 4.78 is 2.34. The lowest BCUT2D eigenvalue weighted by molar-refractivity contribution is 0.262. The fraction of sp³-hybridized carbons (Fsp3) is 0.217. The fourth-order valence-corrected chi connectivity index (χ4v) is 3.80. The van der Waals surface area contributed by atoms with Gasteiger partial charge in [0.05, 0.1) is 11.2 Å². The monoisotopic (exact) mass is 406 g/mol. The number of unbranched alkanes of at least 4 members (excludes halogenated alkanes) is 1. The molecule has 0 atom stereocenters. The quantitative estimate of drug-likeness (QED) is 0.392. The first kappa shape index (κ1) is 19.3. The van der Waals surface area contributed by atoms with Gasteiger partial charge in [-0.15, -0.1) is 0 Å². The molecule has 0 bridgehead atoms. The Bertz CT molecular complexity index is 1180. The molecule has 2 aromatic heterocycles. The largest absolute Gasteiger partial charge is 0.339 e. The molecule has 0 radical (unpaired) electrons. The molecule has 6 heteroatoms. The summed E-state index contributed by atoms with van der Waals surface area (Å²) in [6.45, 7) is 5.19. The Labute approximate surface area is 174 Å². The van der Waals surface area contributed by atoms with Crippen LogP contribution < -0.4 is 10.6 Å². The molecule has 0 aliphatic heterocycles. The number of amides is 2. The van der Waals surface area contributed by atoms with E-state index in [1.807, 2.05) is 31.3 Å². The number of nitrogens with one attached hydrogen (secondary N) is 2. The first-order valence-electron chi connectivity index (χ1n) is 9.78. The Morgan fingerprint density at radius 3 is 2.52 bits per heavy atom. The molecule has 0 unspecified atom stereocenters. The van der Waals surface area contributed by atoms with E-state index in [0.29, 0.717) is 10.7 Å². The van der Waals surface area contributed by atoms with Crippen molar-refractivity contribution >= 4 is 50.8 Å². The Kier molecular flexibility index (Phi) is 5.41. The molecule has 2 heterocycles. The molecule has 2 aromatic carbocycles. The van der Waals surface area contributed by atoms with Crippen molar-refractivity contribution in [2.24, 2.45) is 0 Å². The standard InChI is InChI=1S/C23H23ClN4O/c1-3-4-13-28-21-10-9-18(14-20(21)19-11-12-25-15(2)22(19)28)27-23(29)26-17-7-5-16(24)6-8-17/h5-12,14H,3-4,13H2,1-2H3,(H2,26,27,29). The number of anilines is 2. The first-order valence-corrected chi connectivity index (χ1v) is 10.2. The smallest absolute Gasteiger partial charge is 0.323 e. The number of fused-ring (bicyclic) bond motifs is 3. The minimum Gasteiger partial charge on any atom is -0.339 e. The molecule has 29 heavy (non-hydrogen) atoms. The summed E-state index contributed by atoms with van der Waals surface area (Å²) in [6.07, 6.45) is 4.08. The van der Waals surface area contributed by atoms with E-state index >= 15 is 0 Å². The molecule has 0 fully saturated rings. The molecule has 2 amide bonds. The van der Waals surface area contributed by atoms with Gasteiger partial charge in [0.15, 0.2) is 0 Å². The van der Waals surface area contributed by atoms with Gasteiger partial charge in [-0.1, -0.05) is 24.9 Å². The Morgan fingerprint density at radius 2 is 1.76 bits per heavy atom. The van der Waals surface area contributed by atoms with Gasteiger partial charge in [-0.2, -0.15) is 0 Å². The average Bonchev–Trinajstić information content (AvgIpc) is 3.02. The number of halogens is 1. The number of pyridine rings is 1. The molecule has 0 aliphatic rings. The van der Waals surface area contributed by atoms with Gasteiger partial charge in [0.25, 0.3) is 0 Å². The van der Waals surface area contributed by atoms with Crippen LogP contribution in [0.15, 0.2) is 54.7 Å². The highest BCUT2D eigenvalue weighted by Crippen LogP contribution is 2.32. The normalized spacial score (nSPS) is 11.1. The van der Waals surface area contributed by atoms with Gasteiger partial charge in [0.1, 0.15) is 0 Å². The van der Waals surface area contributed by atoms with Crippen molar-refractivity contribution in [1.82, 2.24) is 9.55 Å². The number of carbonyl (C=O) groups excluding carboxylic acids is 1. The molecule has 0 aliphatic carbocycles. The van der Waals surface area contributed by atoms with Crippen LogP contribution in [0.2, 0.25) is 5.02 Å². The second kappa shape index (κ2) is 8.13. The molecule has 4 aromatic rings. The number of urea groups is 1.